The van der Waals surface area contributed by atoms with Crippen LogP contribution < -0.4 is 4.46 Å². The first-order chi connectivity index (χ1) is 9.58. The fourth-order valence-electron chi connectivity index (χ4n) is 1.60. The number of benzene rings is 1. The number of carbonyl (C=O) groups is 1. The zero-order chi connectivity index (χ0) is 14.8. The summed E-state index contributed by atoms with van der Waals surface area (Å²) in [6.07, 6.45) is 9.97. The van der Waals surface area contributed by atoms with Gasteiger partial charge in [0.2, 0.25) is 0 Å². The Balaban J connectivity index is 2.39. The van der Waals surface area contributed by atoms with Crippen molar-refractivity contribution in [2.45, 2.75) is 33.6 Å². The van der Waals surface area contributed by atoms with E-state index in [1.807, 2.05) is 42.5 Å². The first kappa shape index (κ1) is 16.7. The minimum atomic E-state index is -0.110. The van der Waals surface area contributed by atoms with Gasteiger partial charge in [-0.15, -0.1) is 0 Å². The number of hydrogen-bond acceptors (Lipinski definition) is 1. The molecule has 0 atom stereocenters. The van der Waals surface area contributed by atoms with Crippen molar-refractivity contribution < 1.29 is 4.79 Å². The third kappa shape index (κ3) is 7.93. The SMILES string of the molecule is CC(C)=CCC/C(C)=C/C=C/C(=O)[Se]c1ccccc1. The van der Waals surface area contributed by atoms with Gasteiger partial charge in [0, 0.05) is 0 Å². The summed E-state index contributed by atoms with van der Waals surface area (Å²) in [5, 5.41) is 0. The van der Waals surface area contributed by atoms with Gasteiger partial charge in [-0.25, -0.2) is 0 Å². The molecule has 0 aliphatic rings. The molecule has 0 aromatic heterocycles. The number of carbonyl (C=O) groups excluding carboxylic acids is 1. The van der Waals surface area contributed by atoms with E-state index < -0.39 is 0 Å². The second-order valence-electron chi connectivity index (χ2n) is 4.93. The van der Waals surface area contributed by atoms with E-state index in [0.29, 0.717) is 0 Å². The molecule has 0 saturated heterocycles. The Hall–Kier alpha value is -1.37. The standard InChI is InChI=1S/C18H22OSe/c1-15(2)9-7-10-16(3)11-8-14-18(19)20-17-12-5-4-6-13-17/h4-6,8-9,11-14H,7,10H2,1-3H3/b14-8+,16-11+. The van der Waals surface area contributed by atoms with E-state index in [1.165, 1.54) is 11.1 Å². The monoisotopic (exact) mass is 334 g/mol. The van der Waals surface area contributed by atoms with Crippen LogP contribution in [0, 0.1) is 0 Å². The van der Waals surface area contributed by atoms with Gasteiger partial charge in [-0.2, -0.15) is 0 Å². The Bertz CT molecular complexity index is 505. The summed E-state index contributed by atoms with van der Waals surface area (Å²) in [6.45, 7) is 6.34. The van der Waals surface area contributed by atoms with Gasteiger partial charge in [0.05, 0.1) is 0 Å². The molecular weight excluding hydrogens is 311 g/mol. The third-order valence-corrected chi connectivity index (χ3v) is 4.44. The first-order valence-corrected chi connectivity index (χ1v) is 8.53. The Morgan fingerprint density at radius 3 is 2.50 bits per heavy atom. The summed E-state index contributed by atoms with van der Waals surface area (Å²) < 4.78 is 1.33. The topological polar surface area (TPSA) is 17.1 Å². The molecule has 0 amide bonds. The van der Waals surface area contributed by atoms with Gasteiger partial charge >= 0.3 is 128 Å². The van der Waals surface area contributed by atoms with E-state index in [1.54, 1.807) is 6.08 Å². The van der Waals surface area contributed by atoms with Crippen molar-refractivity contribution >= 4 is 24.1 Å². The van der Waals surface area contributed by atoms with E-state index in [9.17, 15) is 4.79 Å². The number of hydrogen-bond donors (Lipinski definition) is 0. The minimum absolute atomic E-state index is 0.110. The van der Waals surface area contributed by atoms with E-state index in [2.05, 4.69) is 26.8 Å². The Labute approximate surface area is 128 Å². The van der Waals surface area contributed by atoms with Crippen molar-refractivity contribution in [1.82, 2.24) is 0 Å². The molecule has 2 heteroatoms. The molecule has 1 aromatic rings. The van der Waals surface area contributed by atoms with Crippen LogP contribution in [-0.4, -0.2) is 19.6 Å². The second kappa shape index (κ2) is 9.52. The van der Waals surface area contributed by atoms with Gasteiger partial charge in [0.25, 0.3) is 0 Å². The molecule has 0 heterocycles. The van der Waals surface area contributed by atoms with Crippen LogP contribution in [0.2, 0.25) is 0 Å². The summed E-state index contributed by atoms with van der Waals surface area (Å²) in [5.74, 6) is 0. The van der Waals surface area contributed by atoms with E-state index >= 15 is 0 Å². The normalized spacial score (nSPS) is 11.7. The average Bonchev–Trinajstić information content (AvgIpc) is 2.39. The molecule has 0 saturated carbocycles. The van der Waals surface area contributed by atoms with E-state index in [0.717, 1.165) is 17.3 Å². The molecule has 0 radical (unpaired) electrons. The van der Waals surface area contributed by atoms with E-state index in [-0.39, 0.29) is 19.6 Å². The molecule has 1 aromatic carbocycles. The van der Waals surface area contributed by atoms with Crippen molar-refractivity contribution in [2.75, 3.05) is 0 Å². The third-order valence-electron chi connectivity index (χ3n) is 2.67. The maximum absolute atomic E-state index is 11.8. The quantitative estimate of drug-likeness (QED) is 0.321. The molecule has 0 aliphatic carbocycles. The Morgan fingerprint density at radius 1 is 1.15 bits per heavy atom. The van der Waals surface area contributed by atoms with Crippen LogP contribution in [0.4, 0.5) is 0 Å². The predicted octanol–water partition coefficient (Wildman–Crippen LogP) is 3.79. The van der Waals surface area contributed by atoms with Gasteiger partial charge in [-0.3, -0.25) is 0 Å². The van der Waals surface area contributed by atoms with Crippen LogP contribution in [0.1, 0.15) is 33.6 Å². The molecule has 0 spiro atoms. The van der Waals surface area contributed by atoms with Crippen molar-refractivity contribution in [3.63, 3.8) is 0 Å². The molecule has 0 N–H and O–H groups in total. The summed E-state index contributed by atoms with van der Waals surface area (Å²) in [4.78, 5) is 11.8. The van der Waals surface area contributed by atoms with Gasteiger partial charge in [0.1, 0.15) is 0 Å². The fraction of sp³-hybridized carbons (Fsp3) is 0.278. The molecule has 0 fully saturated rings. The first-order valence-electron chi connectivity index (χ1n) is 6.82. The van der Waals surface area contributed by atoms with Crippen LogP contribution in [-0.2, 0) is 4.79 Å². The molecule has 0 aliphatic heterocycles. The van der Waals surface area contributed by atoms with Crippen LogP contribution >= 0.6 is 0 Å². The molecular formula is C18H22OSe. The number of rotatable bonds is 7. The summed E-state index contributed by atoms with van der Waals surface area (Å²) in [6, 6.07) is 9.93. The van der Waals surface area contributed by atoms with Crippen molar-refractivity contribution in [3.8, 4) is 0 Å². The van der Waals surface area contributed by atoms with Gasteiger partial charge in [-0.1, -0.05) is 0 Å². The maximum atomic E-state index is 11.8. The van der Waals surface area contributed by atoms with Crippen LogP contribution in [0.25, 0.3) is 0 Å². The van der Waals surface area contributed by atoms with Crippen LogP contribution in [0.5, 0.6) is 0 Å². The summed E-state index contributed by atoms with van der Waals surface area (Å²) in [7, 11) is 0. The molecule has 0 bridgehead atoms. The molecule has 0 unspecified atom stereocenters. The van der Waals surface area contributed by atoms with Crippen LogP contribution in [0.15, 0.2) is 65.8 Å². The summed E-state index contributed by atoms with van der Waals surface area (Å²) in [5.41, 5.74) is 2.66. The van der Waals surface area contributed by atoms with Gasteiger partial charge in [0.15, 0.2) is 0 Å². The zero-order valence-corrected chi connectivity index (χ0v) is 14.1. The molecule has 20 heavy (non-hydrogen) atoms. The number of allylic oxidation sites excluding steroid dienone is 6. The Kier molecular flexibility index (Phi) is 7.94. The van der Waals surface area contributed by atoms with Crippen molar-refractivity contribution in [2.24, 2.45) is 0 Å². The molecule has 106 valence electrons. The van der Waals surface area contributed by atoms with Crippen molar-refractivity contribution in [1.29, 1.82) is 0 Å². The van der Waals surface area contributed by atoms with Crippen molar-refractivity contribution in [3.05, 3.63) is 65.8 Å². The fourth-order valence-corrected chi connectivity index (χ4v) is 3.01. The van der Waals surface area contributed by atoms with E-state index in [4.69, 9.17) is 0 Å². The second-order valence-corrected chi connectivity index (χ2v) is 7.19. The zero-order valence-electron chi connectivity index (χ0n) is 12.4. The predicted molar refractivity (Wildman–Crippen MR) is 88.4 cm³/mol. The van der Waals surface area contributed by atoms with Gasteiger partial charge in [-0.05, 0) is 0 Å². The molecule has 1 nitrogen and oxygen atoms in total. The summed E-state index contributed by atoms with van der Waals surface area (Å²) >= 11 is -0.110. The van der Waals surface area contributed by atoms with Crippen LogP contribution in [0.3, 0.4) is 0 Å². The Morgan fingerprint density at radius 2 is 1.85 bits per heavy atom. The molecule has 1 rings (SSSR count). The van der Waals surface area contributed by atoms with Gasteiger partial charge < -0.3 is 0 Å². The average molecular weight is 333 g/mol.